The van der Waals surface area contributed by atoms with Crippen molar-refractivity contribution in [2.24, 2.45) is 5.73 Å². The Morgan fingerprint density at radius 3 is 2.65 bits per heavy atom. The molecule has 0 aliphatic heterocycles. The fourth-order valence-corrected chi connectivity index (χ4v) is 2.44. The van der Waals surface area contributed by atoms with E-state index in [9.17, 15) is 4.79 Å². The Hall–Kier alpha value is -1.72. The van der Waals surface area contributed by atoms with Gasteiger partial charge in [0.2, 0.25) is 0 Å². The predicted molar refractivity (Wildman–Crippen MR) is 80.1 cm³/mol. The Balaban J connectivity index is 2.72. The normalized spacial score (nSPS) is 10.8. The van der Waals surface area contributed by atoms with Gasteiger partial charge in [-0.3, -0.25) is 4.79 Å². The van der Waals surface area contributed by atoms with E-state index >= 15 is 0 Å². The molecule has 0 spiro atoms. The highest BCUT2D eigenvalue weighted by Crippen LogP contribution is 2.38. The van der Waals surface area contributed by atoms with Crippen LogP contribution in [0.2, 0.25) is 5.02 Å². The van der Waals surface area contributed by atoms with E-state index < -0.39 is 0 Å². The van der Waals surface area contributed by atoms with Crippen LogP contribution in [0.4, 0.5) is 0 Å². The van der Waals surface area contributed by atoms with Crippen molar-refractivity contribution in [1.29, 1.82) is 0 Å². The number of nitrogens with one attached hydrogen (secondary N) is 1. The van der Waals surface area contributed by atoms with Crippen LogP contribution >= 0.6 is 11.6 Å². The van der Waals surface area contributed by atoms with Gasteiger partial charge in [0.05, 0.1) is 24.8 Å². The number of aromatic nitrogens is 1. The van der Waals surface area contributed by atoms with E-state index in [2.05, 4.69) is 4.98 Å². The van der Waals surface area contributed by atoms with Gasteiger partial charge in [0, 0.05) is 17.0 Å². The van der Waals surface area contributed by atoms with Crippen molar-refractivity contribution in [3.8, 4) is 11.5 Å². The molecule has 0 bridgehead atoms. The number of hydrogen-bond donors (Lipinski definition) is 2. The minimum Gasteiger partial charge on any atom is -0.496 e. The van der Waals surface area contributed by atoms with Gasteiger partial charge in [-0.25, -0.2) is 0 Å². The quantitative estimate of drug-likeness (QED) is 0.885. The first-order valence-corrected chi connectivity index (χ1v) is 6.66. The van der Waals surface area contributed by atoms with Gasteiger partial charge in [0.25, 0.3) is 5.56 Å². The summed E-state index contributed by atoms with van der Waals surface area (Å²) in [4.78, 5) is 14.9. The van der Waals surface area contributed by atoms with Gasteiger partial charge < -0.3 is 20.2 Å². The second-order valence-electron chi connectivity index (χ2n) is 4.40. The lowest BCUT2D eigenvalue weighted by molar-refractivity contribution is 0.410. The smallest absolute Gasteiger partial charge is 0.251 e. The van der Waals surface area contributed by atoms with E-state index in [1.54, 1.807) is 13.2 Å². The number of hydrogen-bond acceptors (Lipinski definition) is 4. The fourth-order valence-electron chi connectivity index (χ4n) is 2.17. The molecule has 2 aromatic rings. The molecule has 20 heavy (non-hydrogen) atoms. The predicted octanol–water partition coefficient (Wildman–Crippen LogP) is 2.09. The highest BCUT2D eigenvalue weighted by atomic mass is 35.5. The average molecular weight is 297 g/mol. The molecule has 0 amide bonds. The van der Waals surface area contributed by atoms with E-state index in [1.807, 2.05) is 6.07 Å². The van der Waals surface area contributed by atoms with Crippen LogP contribution in [-0.2, 0) is 6.42 Å². The molecule has 0 saturated heterocycles. The van der Waals surface area contributed by atoms with Crippen LogP contribution in [0.25, 0.3) is 10.9 Å². The third-order valence-corrected chi connectivity index (χ3v) is 3.44. The summed E-state index contributed by atoms with van der Waals surface area (Å²) in [6.07, 6.45) is 1.37. The Kier molecular flexibility index (Phi) is 4.52. The molecule has 5 nitrogen and oxygen atoms in total. The Labute approximate surface area is 121 Å². The van der Waals surface area contributed by atoms with E-state index in [0.29, 0.717) is 40.6 Å². The second kappa shape index (κ2) is 6.15. The van der Waals surface area contributed by atoms with Crippen molar-refractivity contribution in [2.45, 2.75) is 12.8 Å². The van der Waals surface area contributed by atoms with Gasteiger partial charge in [-0.15, -0.1) is 0 Å². The number of fused-ring (bicyclic) bond motifs is 1. The van der Waals surface area contributed by atoms with Crippen molar-refractivity contribution in [3.63, 3.8) is 0 Å². The van der Waals surface area contributed by atoms with Crippen LogP contribution in [-0.4, -0.2) is 25.7 Å². The zero-order valence-corrected chi connectivity index (χ0v) is 12.2. The minimum absolute atomic E-state index is 0.159. The van der Waals surface area contributed by atoms with Crippen LogP contribution in [0, 0.1) is 0 Å². The van der Waals surface area contributed by atoms with E-state index in [-0.39, 0.29) is 5.56 Å². The topological polar surface area (TPSA) is 77.3 Å². The molecule has 0 fully saturated rings. The van der Waals surface area contributed by atoms with Gasteiger partial charge in [0.15, 0.2) is 5.75 Å². The summed E-state index contributed by atoms with van der Waals surface area (Å²) in [7, 11) is 3.07. The maximum Gasteiger partial charge on any atom is 0.251 e. The zero-order chi connectivity index (χ0) is 14.7. The SMILES string of the molecule is COc1cc(Cl)c(OC)c2[nH]c(=O)c(CCCN)cc12. The monoisotopic (exact) mass is 296 g/mol. The van der Waals surface area contributed by atoms with Crippen molar-refractivity contribution in [1.82, 2.24) is 4.98 Å². The molecular formula is C14H17ClN2O3. The first-order valence-electron chi connectivity index (χ1n) is 6.28. The van der Waals surface area contributed by atoms with Crippen LogP contribution < -0.4 is 20.8 Å². The summed E-state index contributed by atoms with van der Waals surface area (Å²) in [6.45, 7) is 0.540. The van der Waals surface area contributed by atoms with Gasteiger partial charge in [0.1, 0.15) is 5.75 Å². The van der Waals surface area contributed by atoms with Gasteiger partial charge in [-0.2, -0.15) is 0 Å². The lowest BCUT2D eigenvalue weighted by Crippen LogP contribution is -2.14. The molecule has 6 heteroatoms. The third kappa shape index (κ3) is 2.59. The summed E-state index contributed by atoms with van der Waals surface area (Å²) in [5, 5.41) is 1.16. The average Bonchev–Trinajstić information content (AvgIpc) is 2.44. The summed E-state index contributed by atoms with van der Waals surface area (Å²) in [6, 6.07) is 3.48. The molecule has 1 aromatic carbocycles. The summed E-state index contributed by atoms with van der Waals surface area (Å²) >= 11 is 6.12. The Bertz CT molecular complexity index is 682. The number of rotatable bonds is 5. The van der Waals surface area contributed by atoms with Crippen LogP contribution in [0.3, 0.4) is 0 Å². The fraction of sp³-hybridized carbons (Fsp3) is 0.357. The molecule has 0 radical (unpaired) electrons. The standard InChI is InChI=1S/C14H17ClN2O3/c1-19-11-7-10(15)13(20-2)12-9(11)6-8(4-3-5-16)14(18)17-12/h6-7H,3-5,16H2,1-2H3,(H,17,18). The number of nitrogens with two attached hydrogens (primary N) is 1. The summed E-state index contributed by atoms with van der Waals surface area (Å²) < 4.78 is 10.6. The zero-order valence-electron chi connectivity index (χ0n) is 11.5. The van der Waals surface area contributed by atoms with Gasteiger partial charge in [-0.1, -0.05) is 11.6 Å². The molecule has 2 rings (SSSR count). The number of H-pyrrole nitrogens is 1. The van der Waals surface area contributed by atoms with Crippen molar-refractivity contribution in [3.05, 3.63) is 33.1 Å². The van der Waals surface area contributed by atoms with Gasteiger partial charge >= 0.3 is 0 Å². The molecular weight excluding hydrogens is 280 g/mol. The summed E-state index contributed by atoms with van der Waals surface area (Å²) in [5.74, 6) is 1.03. The van der Waals surface area contributed by atoms with Crippen LogP contribution in [0.1, 0.15) is 12.0 Å². The van der Waals surface area contributed by atoms with E-state index in [4.69, 9.17) is 26.8 Å². The highest BCUT2D eigenvalue weighted by Gasteiger charge is 2.15. The van der Waals surface area contributed by atoms with E-state index in [1.165, 1.54) is 7.11 Å². The number of ether oxygens (including phenoxy) is 2. The number of aryl methyl sites for hydroxylation is 1. The molecule has 0 unspecified atom stereocenters. The largest absolute Gasteiger partial charge is 0.496 e. The molecule has 0 aliphatic carbocycles. The molecule has 1 heterocycles. The first kappa shape index (κ1) is 14.7. The molecule has 0 atom stereocenters. The van der Waals surface area contributed by atoms with Crippen LogP contribution in [0.15, 0.2) is 16.9 Å². The van der Waals surface area contributed by atoms with Gasteiger partial charge in [-0.05, 0) is 25.5 Å². The number of aromatic amines is 1. The lowest BCUT2D eigenvalue weighted by Gasteiger charge is -2.12. The van der Waals surface area contributed by atoms with Crippen LogP contribution in [0.5, 0.6) is 11.5 Å². The number of benzene rings is 1. The maximum atomic E-state index is 12.1. The minimum atomic E-state index is -0.159. The maximum absolute atomic E-state index is 12.1. The number of halogens is 1. The van der Waals surface area contributed by atoms with Crippen molar-refractivity contribution < 1.29 is 9.47 Å². The Morgan fingerprint density at radius 1 is 1.30 bits per heavy atom. The van der Waals surface area contributed by atoms with Crippen molar-refractivity contribution in [2.75, 3.05) is 20.8 Å². The second-order valence-corrected chi connectivity index (χ2v) is 4.81. The summed E-state index contributed by atoms with van der Waals surface area (Å²) in [5.41, 5.74) is 6.54. The first-order chi connectivity index (χ1) is 9.62. The Morgan fingerprint density at radius 2 is 2.05 bits per heavy atom. The molecule has 0 aliphatic rings. The number of methoxy groups -OCH3 is 2. The molecule has 108 valence electrons. The number of pyridine rings is 1. The molecule has 3 N–H and O–H groups in total. The molecule has 0 saturated carbocycles. The van der Waals surface area contributed by atoms with Crippen molar-refractivity contribution >= 4 is 22.5 Å². The highest BCUT2D eigenvalue weighted by molar-refractivity contribution is 6.33. The lowest BCUT2D eigenvalue weighted by atomic mass is 10.1. The van der Waals surface area contributed by atoms with E-state index in [0.717, 1.165) is 11.8 Å². The molecule has 1 aromatic heterocycles. The third-order valence-electron chi connectivity index (χ3n) is 3.16.